The normalized spacial score (nSPS) is 14.6. The summed E-state index contributed by atoms with van der Waals surface area (Å²) in [4.78, 5) is 33.2. The van der Waals surface area contributed by atoms with Crippen LogP contribution < -0.4 is 5.73 Å². The summed E-state index contributed by atoms with van der Waals surface area (Å²) >= 11 is 0. The standard InChI is InChI=1S/C33H62NO9P/c1-3-5-7-9-11-13-15-17-19-21-23-25-32(35)43-30(28-41-44(38,39)42-29-31(34)33(36)37)27-40-26-24-22-20-18-16-14-12-10-8-6-4-2/h8-11,30-31H,3-7,12-29,34H2,1-2H3,(H,36,37)(H,38,39)/b10-8-,11-9-. The molecule has 0 rings (SSSR count). The van der Waals surface area contributed by atoms with E-state index in [9.17, 15) is 19.0 Å². The van der Waals surface area contributed by atoms with Gasteiger partial charge in [-0.1, -0.05) is 102 Å². The molecule has 0 aliphatic rings. The molecule has 258 valence electrons. The molecule has 44 heavy (non-hydrogen) atoms. The number of allylic oxidation sites excluding steroid dienone is 4. The van der Waals surface area contributed by atoms with Gasteiger partial charge in [-0.15, -0.1) is 0 Å². The summed E-state index contributed by atoms with van der Waals surface area (Å²) in [7, 11) is -4.60. The predicted octanol–water partition coefficient (Wildman–Crippen LogP) is 8.02. The average Bonchev–Trinajstić information content (AvgIpc) is 2.99. The zero-order valence-corrected chi connectivity index (χ0v) is 28.4. The molecular weight excluding hydrogens is 585 g/mol. The number of hydrogen-bond donors (Lipinski definition) is 3. The van der Waals surface area contributed by atoms with Crippen LogP contribution in [0.5, 0.6) is 0 Å². The van der Waals surface area contributed by atoms with Crippen LogP contribution >= 0.6 is 7.82 Å². The maximum atomic E-state index is 12.5. The second-order valence-corrected chi connectivity index (χ2v) is 12.7. The van der Waals surface area contributed by atoms with Crippen molar-refractivity contribution in [2.45, 2.75) is 148 Å². The van der Waals surface area contributed by atoms with Crippen LogP contribution in [0.4, 0.5) is 0 Å². The van der Waals surface area contributed by atoms with Crippen molar-refractivity contribution in [3.8, 4) is 0 Å². The number of ether oxygens (including phenoxy) is 2. The van der Waals surface area contributed by atoms with E-state index in [1.807, 2.05) is 0 Å². The number of esters is 1. The second kappa shape index (κ2) is 30.1. The van der Waals surface area contributed by atoms with Crippen LogP contribution in [0.25, 0.3) is 0 Å². The van der Waals surface area contributed by atoms with E-state index in [0.29, 0.717) is 13.0 Å². The zero-order valence-electron chi connectivity index (χ0n) is 27.5. The second-order valence-electron chi connectivity index (χ2n) is 11.3. The Morgan fingerprint density at radius 1 is 0.705 bits per heavy atom. The fraction of sp³-hybridized carbons (Fsp3) is 0.818. The van der Waals surface area contributed by atoms with E-state index in [2.05, 4.69) is 42.7 Å². The SMILES string of the molecule is CCC/C=C\CCCCCCCCOCC(COP(=O)(O)OCC(N)C(=O)O)OC(=O)CCCCCCC/C=C\CCCC. The van der Waals surface area contributed by atoms with Crippen molar-refractivity contribution in [3.63, 3.8) is 0 Å². The van der Waals surface area contributed by atoms with E-state index in [4.69, 9.17) is 24.8 Å². The van der Waals surface area contributed by atoms with Gasteiger partial charge in [0.1, 0.15) is 12.1 Å². The average molecular weight is 648 g/mol. The third-order valence-corrected chi connectivity index (χ3v) is 7.88. The smallest absolute Gasteiger partial charge is 0.472 e. The highest BCUT2D eigenvalue weighted by Crippen LogP contribution is 2.43. The molecule has 3 atom stereocenters. The maximum absolute atomic E-state index is 12.5. The summed E-state index contributed by atoms with van der Waals surface area (Å²) in [5, 5.41) is 8.83. The number of phosphoric ester groups is 1. The molecule has 0 amide bonds. The molecule has 0 saturated heterocycles. The Bertz CT molecular complexity index is 806. The maximum Gasteiger partial charge on any atom is 0.472 e. The zero-order chi connectivity index (χ0) is 32.7. The summed E-state index contributed by atoms with van der Waals surface area (Å²) in [6.07, 6.45) is 28.1. The Morgan fingerprint density at radius 2 is 1.23 bits per heavy atom. The van der Waals surface area contributed by atoms with E-state index in [1.165, 1.54) is 38.5 Å². The minimum Gasteiger partial charge on any atom is -0.480 e. The molecule has 0 radical (unpaired) electrons. The molecule has 0 aromatic carbocycles. The van der Waals surface area contributed by atoms with Crippen LogP contribution in [0.15, 0.2) is 24.3 Å². The van der Waals surface area contributed by atoms with Crippen LogP contribution in [-0.4, -0.2) is 60.5 Å². The summed E-state index contributed by atoms with van der Waals surface area (Å²) < 4.78 is 33.0. The number of rotatable bonds is 32. The minimum atomic E-state index is -4.60. The molecule has 0 aromatic heterocycles. The van der Waals surface area contributed by atoms with Crippen LogP contribution in [0.3, 0.4) is 0 Å². The Labute approximate surface area is 266 Å². The monoisotopic (exact) mass is 647 g/mol. The molecule has 4 N–H and O–H groups in total. The van der Waals surface area contributed by atoms with Crippen LogP contribution in [0.2, 0.25) is 0 Å². The highest BCUT2D eigenvalue weighted by atomic mass is 31.2. The van der Waals surface area contributed by atoms with Crippen molar-refractivity contribution in [3.05, 3.63) is 24.3 Å². The lowest BCUT2D eigenvalue weighted by molar-refractivity contribution is -0.154. The largest absolute Gasteiger partial charge is 0.480 e. The first-order chi connectivity index (χ1) is 21.2. The molecule has 0 bridgehead atoms. The highest BCUT2D eigenvalue weighted by Gasteiger charge is 2.27. The Hall–Kier alpha value is -1.55. The fourth-order valence-electron chi connectivity index (χ4n) is 4.23. The number of carboxylic acids is 1. The number of nitrogens with two attached hydrogens (primary N) is 1. The molecule has 0 aromatic rings. The number of carbonyl (C=O) groups excluding carboxylic acids is 1. The van der Waals surface area contributed by atoms with Gasteiger partial charge in [-0.05, 0) is 51.4 Å². The summed E-state index contributed by atoms with van der Waals surface area (Å²) in [5.74, 6) is -1.80. The van der Waals surface area contributed by atoms with Crippen molar-refractivity contribution >= 4 is 19.8 Å². The van der Waals surface area contributed by atoms with Gasteiger partial charge < -0.3 is 25.2 Å². The molecule has 11 heteroatoms. The molecule has 0 spiro atoms. The molecule has 0 aliphatic carbocycles. The van der Waals surface area contributed by atoms with Gasteiger partial charge in [0.15, 0.2) is 0 Å². The van der Waals surface area contributed by atoms with Crippen molar-refractivity contribution in [2.75, 3.05) is 26.4 Å². The first kappa shape index (κ1) is 42.5. The molecule has 0 fully saturated rings. The first-order valence-corrected chi connectivity index (χ1v) is 18.4. The summed E-state index contributed by atoms with van der Waals surface area (Å²) in [6, 6.07) is -1.47. The molecular formula is C33H62NO9P. The molecule has 0 aliphatic heterocycles. The molecule has 0 heterocycles. The van der Waals surface area contributed by atoms with Gasteiger partial charge in [0.2, 0.25) is 0 Å². The van der Waals surface area contributed by atoms with E-state index in [0.717, 1.165) is 70.6 Å². The van der Waals surface area contributed by atoms with E-state index < -0.39 is 45.1 Å². The lowest BCUT2D eigenvalue weighted by Gasteiger charge is -2.20. The number of unbranched alkanes of at least 4 members (excludes halogenated alkanes) is 14. The third-order valence-electron chi connectivity index (χ3n) is 6.93. The van der Waals surface area contributed by atoms with Crippen molar-refractivity contribution in [1.82, 2.24) is 0 Å². The van der Waals surface area contributed by atoms with Crippen LogP contribution in [0, 0.1) is 0 Å². The Kier molecular flexibility index (Phi) is 29.1. The number of hydrogen-bond acceptors (Lipinski definition) is 8. The van der Waals surface area contributed by atoms with Gasteiger partial charge in [-0.2, -0.15) is 0 Å². The first-order valence-electron chi connectivity index (χ1n) is 16.9. The van der Waals surface area contributed by atoms with Gasteiger partial charge in [0.05, 0.1) is 19.8 Å². The highest BCUT2D eigenvalue weighted by molar-refractivity contribution is 7.47. The molecule has 0 saturated carbocycles. The third kappa shape index (κ3) is 29.2. The number of carbonyl (C=O) groups is 2. The van der Waals surface area contributed by atoms with E-state index in [1.54, 1.807) is 0 Å². The molecule has 10 nitrogen and oxygen atoms in total. The lowest BCUT2D eigenvalue weighted by Crippen LogP contribution is -2.34. The Morgan fingerprint density at radius 3 is 1.82 bits per heavy atom. The topological polar surface area (TPSA) is 155 Å². The van der Waals surface area contributed by atoms with Crippen molar-refractivity contribution in [1.29, 1.82) is 0 Å². The number of carboxylic acid groups (broad SMARTS) is 1. The van der Waals surface area contributed by atoms with Gasteiger partial charge in [0, 0.05) is 13.0 Å². The van der Waals surface area contributed by atoms with Crippen LogP contribution in [-0.2, 0) is 32.7 Å². The number of phosphoric acid groups is 1. The predicted molar refractivity (Wildman–Crippen MR) is 175 cm³/mol. The summed E-state index contributed by atoms with van der Waals surface area (Å²) in [6.45, 7) is 3.73. The van der Waals surface area contributed by atoms with E-state index >= 15 is 0 Å². The van der Waals surface area contributed by atoms with E-state index in [-0.39, 0.29) is 13.0 Å². The fourth-order valence-corrected chi connectivity index (χ4v) is 5.01. The Balaban J connectivity index is 4.39. The van der Waals surface area contributed by atoms with Gasteiger partial charge in [-0.3, -0.25) is 18.6 Å². The van der Waals surface area contributed by atoms with Crippen molar-refractivity contribution in [2.24, 2.45) is 5.73 Å². The molecule has 3 unspecified atom stereocenters. The lowest BCUT2D eigenvalue weighted by atomic mass is 10.1. The summed E-state index contributed by atoms with van der Waals surface area (Å²) in [5.41, 5.74) is 5.31. The van der Waals surface area contributed by atoms with Gasteiger partial charge >= 0.3 is 19.8 Å². The van der Waals surface area contributed by atoms with Crippen molar-refractivity contribution < 1.29 is 42.7 Å². The van der Waals surface area contributed by atoms with Crippen LogP contribution in [0.1, 0.15) is 136 Å². The van der Waals surface area contributed by atoms with Gasteiger partial charge in [-0.25, -0.2) is 4.57 Å². The minimum absolute atomic E-state index is 0.0102. The van der Waals surface area contributed by atoms with Gasteiger partial charge in [0.25, 0.3) is 0 Å². The quantitative estimate of drug-likeness (QED) is 0.0283. The number of aliphatic carboxylic acids is 1.